The highest BCUT2D eigenvalue weighted by atomic mass is 16.3. The number of aromatic nitrogens is 2. The third kappa shape index (κ3) is 2.00. The van der Waals surface area contributed by atoms with Crippen LogP contribution in [0.3, 0.4) is 0 Å². The van der Waals surface area contributed by atoms with Gasteiger partial charge in [-0.05, 0) is 42.5 Å². The number of nitrogens with zero attached hydrogens (tertiary/aromatic N) is 3. The van der Waals surface area contributed by atoms with Crippen molar-refractivity contribution < 1.29 is 5.11 Å². The predicted octanol–water partition coefficient (Wildman–Crippen LogP) is 2.65. The van der Waals surface area contributed by atoms with Crippen LogP contribution >= 0.6 is 0 Å². The van der Waals surface area contributed by atoms with Gasteiger partial charge in [0.05, 0.1) is 12.2 Å². The molecule has 1 N–H and O–H groups in total. The number of rotatable bonds is 2. The molecule has 0 bridgehead atoms. The Bertz CT molecular complexity index is 582. The molecule has 2 aromatic rings. The molecule has 3 rings (SSSR count). The van der Waals surface area contributed by atoms with Gasteiger partial charge < -0.3 is 10.0 Å². The second kappa shape index (κ2) is 4.41. The van der Waals surface area contributed by atoms with Gasteiger partial charge in [-0.1, -0.05) is 0 Å². The molecule has 1 aliphatic heterocycles. The summed E-state index contributed by atoms with van der Waals surface area (Å²) < 4.78 is 1.81. The molecule has 0 fully saturated rings. The van der Waals surface area contributed by atoms with Crippen LogP contribution in [0.25, 0.3) is 5.69 Å². The number of allylic oxidation sites excluding steroid dienone is 2. The van der Waals surface area contributed by atoms with Gasteiger partial charge in [0.1, 0.15) is 5.76 Å². The van der Waals surface area contributed by atoms with E-state index >= 15 is 0 Å². The first-order chi connectivity index (χ1) is 8.83. The molecule has 0 radical (unpaired) electrons. The zero-order chi connectivity index (χ0) is 12.4. The Morgan fingerprint density at radius 3 is 2.56 bits per heavy atom. The van der Waals surface area contributed by atoms with Crippen molar-refractivity contribution in [2.24, 2.45) is 0 Å². The lowest BCUT2D eigenvalue weighted by molar-refractivity contribution is 0.401. The molecular weight excluding hydrogens is 226 g/mol. The summed E-state index contributed by atoms with van der Waals surface area (Å²) in [7, 11) is 0. The fourth-order valence-electron chi connectivity index (χ4n) is 1.93. The molecule has 18 heavy (non-hydrogen) atoms. The fourth-order valence-corrected chi connectivity index (χ4v) is 1.93. The molecule has 1 aromatic heterocycles. The second-order valence-corrected chi connectivity index (χ2v) is 4.09. The largest absolute Gasteiger partial charge is 0.510 e. The number of hydrogen-bond acceptors (Lipinski definition) is 3. The molecule has 0 aliphatic carbocycles. The fraction of sp³-hybridized carbons (Fsp3) is 0.0714. The topological polar surface area (TPSA) is 41.3 Å². The van der Waals surface area contributed by atoms with E-state index in [-0.39, 0.29) is 0 Å². The van der Waals surface area contributed by atoms with Crippen LogP contribution in [0.15, 0.2) is 66.8 Å². The lowest BCUT2D eigenvalue weighted by Crippen LogP contribution is -2.21. The van der Waals surface area contributed by atoms with Gasteiger partial charge in [-0.3, -0.25) is 0 Å². The quantitative estimate of drug-likeness (QED) is 0.876. The highest BCUT2D eigenvalue weighted by Gasteiger charge is 2.08. The van der Waals surface area contributed by atoms with Gasteiger partial charge in [0.15, 0.2) is 0 Å². The zero-order valence-corrected chi connectivity index (χ0v) is 9.77. The van der Waals surface area contributed by atoms with Gasteiger partial charge in [-0.15, -0.1) is 0 Å². The van der Waals surface area contributed by atoms with Crippen molar-refractivity contribution in [2.45, 2.75) is 0 Å². The van der Waals surface area contributed by atoms with Crippen LogP contribution in [0.5, 0.6) is 0 Å². The smallest absolute Gasteiger partial charge is 0.112 e. The van der Waals surface area contributed by atoms with Crippen LogP contribution in [0.2, 0.25) is 0 Å². The Hall–Kier alpha value is -2.49. The molecule has 0 amide bonds. The minimum absolute atomic E-state index is 0.369. The van der Waals surface area contributed by atoms with Crippen molar-refractivity contribution in [2.75, 3.05) is 11.4 Å². The first-order valence-corrected chi connectivity index (χ1v) is 5.76. The number of benzene rings is 1. The Balaban J connectivity index is 1.84. The van der Waals surface area contributed by atoms with Crippen molar-refractivity contribution >= 4 is 5.69 Å². The van der Waals surface area contributed by atoms with Crippen LogP contribution in [0.4, 0.5) is 5.69 Å². The second-order valence-electron chi connectivity index (χ2n) is 4.09. The van der Waals surface area contributed by atoms with Gasteiger partial charge in [0.2, 0.25) is 0 Å². The van der Waals surface area contributed by atoms with E-state index in [1.807, 2.05) is 58.4 Å². The standard InChI is InChI=1S/C14H13N3O/c18-14-3-1-9-16(11-14)12-4-6-13(7-5-12)17-10-2-8-15-17/h1-10,18H,11H2. The Labute approximate surface area is 105 Å². The normalized spacial score (nSPS) is 14.7. The highest BCUT2D eigenvalue weighted by Crippen LogP contribution is 2.20. The first kappa shape index (κ1) is 10.7. The van der Waals surface area contributed by atoms with Crippen LogP contribution in [-0.4, -0.2) is 21.4 Å². The summed E-state index contributed by atoms with van der Waals surface area (Å²) in [6.45, 7) is 0.512. The maximum Gasteiger partial charge on any atom is 0.112 e. The molecule has 4 heteroatoms. The van der Waals surface area contributed by atoms with Crippen LogP contribution in [0.1, 0.15) is 0 Å². The lowest BCUT2D eigenvalue weighted by atomic mass is 10.2. The van der Waals surface area contributed by atoms with E-state index in [9.17, 15) is 5.11 Å². The number of hydrogen-bond donors (Lipinski definition) is 1. The van der Waals surface area contributed by atoms with Crippen molar-refractivity contribution in [3.63, 3.8) is 0 Å². The van der Waals surface area contributed by atoms with Gasteiger partial charge >= 0.3 is 0 Å². The molecule has 0 saturated heterocycles. The Morgan fingerprint density at radius 1 is 1.11 bits per heavy atom. The molecule has 0 spiro atoms. The molecule has 1 aliphatic rings. The van der Waals surface area contributed by atoms with Crippen molar-refractivity contribution in [1.82, 2.24) is 9.78 Å². The number of aliphatic hydroxyl groups is 1. The SMILES string of the molecule is OC1=CC=CN(c2ccc(-n3cccn3)cc2)C1. The molecule has 2 heterocycles. The average Bonchev–Trinajstić information content (AvgIpc) is 2.93. The minimum Gasteiger partial charge on any atom is -0.510 e. The molecule has 0 saturated carbocycles. The average molecular weight is 239 g/mol. The summed E-state index contributed by atoms with van der Waals surface area (Å²) in [5, 5.41) is 13.7. The number of aliphatic hydroxyl groups excluding tert-OH is 1. The van der Waals surface area contributed by atoms with Gasteiger partial charge in [-0.2, -0.15) is 5.10 Å². The molecule has 0 unspecified atom stereocenters. The third-order valence-electron chi connectivity index (χ3n) is 2.84. The minimum atomic E-state index is 0.369. The zero-order valence-electron chi connectivity index (χ0n) is 9.77. The molecular formula is C14H13N3O. The van der Waals surface area contributed by atoms with Crippen molar-refractivity contribution in [3.05, 3.63) is 66.8 Å². The summed E-state index contributed by atoms with van der Waals surface area (Å²) >= 11 is 0. The summed E-state index contributed by atoms with van der Waals surface area (Å²) in [6, 6.07) is 9.93. The number of anilines is 1. The summed E-state index contributed by atoms with van der Waals surface area (Å²) in [5.41, 5.74) is 2.06. The van der Waals surface area contributed by atoms with E-state index in [2.05, 4.69) is 5.10 Å². The van der Waals surface area contributed by atoms with Crippen LogP contribution < -0.4 is 4.90 Å². The molecule has 90 valence electrons. The third-order valence-corrected chi connectivity index (χ3v) is 2.84. The van der Waals surface area contributed by atoms with Gasteiger partial charge in [0, 0.05) is 24.3 Å². The summed E-state index contributed by atoms with van der Waals surface area (Å²) in [6.07, 6.45) is 9.14. The van der Waals surface area contributed by atoms with E-state index in [1.165, 1.54) is 0 Å². The van der Waals surface area contributed by atoms with Crippen LogP contribution in [-0.2, 0) is 0 Å². The Morgan fingerprint density at radius 2 is 1.89 bits per heavy atom. The maximum absolute atomic E-state index is 9.50. The lowest BCUT2D eigenvalue weighted by Gasteiger charge is -2.22. The van der Waals surface area contributed by atoms with E-state index in [1.54, 1.807) is 12.3 Å². The van der Waals surface area contributed by atoms with Crippen molar-refractivity contribution in [3.8, 4) is 5.69 Å². The molecule has 1 aromatic carbocycles. The predicted molar refractivity (Wildman–Crippen MR) is 70.8 cm³/mol. The van der Waals surface area contributed by atoms with E-state index in [4.69, 9.17) is 0 Å². The van der Waals surface area contributed by atoms with Crippen LogP contribution in [0, 0.1) is 0 Å². The highest BCUT2D eigenvalue weighted by molar-refractivity contribution is 5.54. The van der Waals surface area contributed by atoms with Gasteiger partial charge in [0.25, 0.3) is 0 Å². The van der Waals surface area contributed by atoms with E-state index in [0.717, 1.165) is 11.4 Å². The Kier molecular flexibility index (Phi) is 2.61. The van der Waals surface area contributed by atoms with Crippen molar-refractivity contribution in [1.29, 1.82) is 0 Å². The van der Waals surface area contributed by atoms with Gasteiger partial charge in [-0.25, -0.2) is 4.68 Å². The molecule has 4 nitrogen and oxygen atoms in total. The first-order valence-electron chi connectivity index (χ1n) is 5.76. The molecule has 0 atom stereocenters. The van der Waals surface area contributed by atoms with E-state index in [0.29, 0.717) is 12.3 Å². The maximum atomic E-state index is 9.50. The summed E-state index contributed by atoms with van der Waals surface area (Å²) in [4.78, 5) is 1.99. The summed E-state index contributed by atoms with van der Waals surface area (Å²) in [5.74, 6) is 0.369. The van der Waals surface area contributed by atoms with E-state index < -0.39 is 0 Å². The monoisotopic (exact) mass is 239 g/mol.